The molecule has 1 N–H and O–H groups in total. The van der Waals surface area contributed by atoms with Crippen LogP contribution < -0.4 is 10.2 Å². The molecule has 6 nitrogen and oxygen atoms in total. The summed E-state index contributed by atoms with van der Waals surface area (Å²) in [5, 5.41) is 4.03. The third-order valence-electron chi connectivity index (χ3n) is 4.74. The molecule has 25 heavy (non-hydrogen) atoms. The number of aromatic nitrogens is 2. The first-order chi connectivity index (χ1) is 12.5. The molecule has 4 rings (SSSR count). The van der Waals surface area contributed by atoms with Gasteiger partial charge in [0.1, 0.15) is 5.82 Å². The normalized spacial score (nSPS) is 22.8. The lowest BCUT2D eigenvalue weighted by atomic mass is 9.93. The Hall–Kier alpha value is -2.28. The Balaban J connectivity index is 1.80. The van der Waals surface area contributed by atoms with E-state index in [2.05, 4.69) is 15.3 Å². The quantitative estimate of drug-likeness (QED) is 0.660. The molecule has 1 atom stereocenters. The number of urea groups is 1. The first-order valence-corrected chi connectivity index (χ1v) is 9.47. The zero-order chi connectivity index (χ0) is 18.5. The summed E-state index contributed by atoms with van der Waals surface area (Å²) in [6.45, 7) is 3.02. The van der Waals surface area contributed by atoms with Gasteiger partial charge >= 0.3 is 6.03 Å². The van der Waals surface area contributed by atoms with Crippen molar-refractivity contribution >= 4 is 29.3 Å². The van der Waals surface area contributed by atoms with Gasteiger partial charge in [0.05, 0.1) is 13.9 Å². The number of thioether (sulfide) groups is 1. The van der Waals surface area contributed by atoms with Crippen molar-refractivity contribution in [1.82, 2.24) is 14.9 Å². The van der Waals surface area contributed by atoms with Gasteiger partial charge in [-0.1, -0.05) is 30.0 Å². The Morgan fingerprint density at radius 1 is 1.44 bits per heavy atom. The van der Waals surface area contributed by atoms with Gasteiger partial charge in [0.25, 0.3) is 0 Å². The zero-order valence-electron chi connectivity index (χ0n) is 15.5. The van der Waals surface area contributed by atoms with Crippen molar-refractivity contribution in [1.29, 1.82) is 0 Å². The third kappa shape index (κ3) is 2.63. The van der Waals surface area contributed by atoms with Crippen LogP contribution in [-0.4, -0.2) is 40.7 Å². The van der Waals surface area contributed by atoms with Crippen molar-refractivity contribution in [3.05, 3.63) is 41.1 Å². The molecule has 2 aromatic rings. The second-order valence-corrected chi connectivity index (χ2v) is 7.03. The summed E-state index contributed by atoms with van der Waals surface area (Å²) < 4.78 is 9.23. The molecule has 0 spiro atoms. The Morgan fingerprint density at radius 3 is 3.08 bits per heavy atom. The molecule has 1 aromatic heterocycles. The first kappa shape index (κ1) is 15.0. The van der Waals surface area contributed by atoms with Gasteiger partial charge in [-0.15, -0.1) is 0 Å². The number of fused-ring (bicyclic) bond motifs is 2. The van der Waals surface area contributed by atoms with Gasteiger partial charge in [0.15, 0.2) is 5.16 Å². The summed E-state index contributed by atoms with van der Waals surface area (Å²) in [6, 6.07) is 4.59. The number of hydrogen-bond donors (Lipinski definition) is 1. The van der Waals surface area contributed by atoms with Gasteiger partial charge in [-0.25, -0.2) is 14.8 Å². The van der Waals surface area contributed by atoms with Crippen molar-refractivity contribution in [2.24, 2.45) is 0 Å². The smallest absolute Gasteiger partial charge is 0.326 e. The second-order valence-electron chi connectivity index (χ2n) is 6.25. The van der Waals surface area contributed by atoms with Crippen molar-refractivity contribution in [3.63, 3.8) is 0 Å². The average Bonchev–Trinajstić information content (AvgIpc) is 2.65. The summed E-state index contributed by atoms with van der Waals surface area (Å²) in [6.07, 6.45) is 4.21. The van der Waals surface area contributed by atoms with Crippen LogP contribution in [0.1, 0.15) is 30.5 Å². The maximum Gasteiger partial charge on any atom is 0.326 e. The highest BCUT2D eigenvalue weighted by Crippen LogP contribution is 2.39. The van der Waals surface area contributed by atoms with E-state index >= 15 is 0 Å². The highest BCUT2D eigenvalue weighted by atomic mass is 32.2. The average molecular weight is 356 g/mol. The van der Waals surface area contributed by atoms with E-state index in [1.807, 2.05) is 31.4 Å². The van der Waals surface area contributed by atoms with Crippen LogP contribution in [0, 0.1) is 6.92 Å². The second kappa shape index (κ2) is 6.22. The topological polar surface area (TPSA) is 61.4 Å². The van der Waals surface area contributed by atoms with Crippen molar-refractivity contribution in [2.45, 2.75) is 31.1 Å². The standard InChI is InChI=1S/C18H21N5OS/c1-11-5-4-6-13-14(7-8-19-15(11)13)23-10-12-9-20-17(25-3)21-16(12)22(2)18(23)24/h4-6,9,14,19H,7-8,10H2,1-3H3/i14D. The highest BCUT2D eigenvalue weighted by Gasteiger charge is 2.36. The molecule has 0 fully saturated rings. The molecule has 0 bridgehead atoms. The van der Waals surface area contributed by atoms with E-state index in [0.29, 0.717) is 30.5 Å². The maximum absolute atomic E-state index is 13.1. The fourth-order valence-corrected chi connectivity index (χ4v) is 3.80. The molecule has 0 saturated heterocycles. The molecule has 2 aliphatic rings. The summed E-state index contributed by atoms with van der Waals surface area (Å²) in [5.41, 5.74) is 3.76. The van der Waals surface area contributed by atoms with Gasteiger partial charge in [0.2, 0.25) is 0 Å². The summed E-state index contributed by atoms with van der Waals surface area (Å²) in [7, 11) is 1.71. The largest absolute Gasteiger partial charge is 0.384 e. The number of carbonyl (C=O) groups is 1. The fourth-order valence-electron chi connectivity index (χ4n) is 3.47. The molecule has 7 heteroatoms. The van der Waals surface area contributed by atoms with Crippen LogP contribution in [0.3, 0.4) is 0 Å². The molecule has 1 unspecified atom stereocenters. The fraction of sp³-hybridized carbons (Fsp3) is 0.389. The number of carbonyl (C=O) groups excluding carboxylic acids is 1. The number of amides is 2. The van der Waals surface area contributed by atoms with Crippen LogP contribution in [0.4, 0.5) is 16.3 Å². The van der Waals surface area contributed by atoms with Gasteiger partial charge in [-0.3, -0.25) is 4.90 Å². The predicted molar refractivity (Wildman–Crippen MR) is 100 cm³/mol. The number of nitrogens with one attached hydrogen (secondary N) is 1. The van der Waals surface area contributed by atoms with E-state index in [4.69, 9.17) is 0 Å². The number of hydrogen-bond acceptors (Lipinski definition) is 5. The van der Waals surface area contributed by atoms with Crippen molar-refractivity contribution in [3.8, 4) is 0 Å². The van der Waals surface area contributed by atoms with Crippen LogP contribution >= 0.6 is 11.8 Å². The molecule has 0 radical (unpaired) electrons. The van der Waals surface area contributed by atoms with Crippen LogP contribution in [0.2, 0.25) is 0 Å². The monoisotopic (exact) mass is 356 g/mol. The lowest BCUT2D eigenvalue weighted by Gasteiger charge is -2.41. The Bertz CT molecular complexity index is 892. The number of nitrogens with zero attached hydrogens (tertiary/aromatic N) is 4. The minimum atomic E-state index is -1.12. The summed E-state index contributed by atoms with van der Waals surface area (Å²) >= 11 is 1.45. The Morgan fingerprint density at radius 2 is 2.28 bits per heavy atom. The van der Waals surface area contributed by atoms with E-state index in [1.54, 1.807) is 18.1 Å². The van der Waals surface area contributed by atoms with E-state index < -0.39 is 6.02 Å². The van der Waals surface area contributed by atoms with Crippen LogP contribution in [0.15, 0.2) is 29.6 Å². The van der Waals surface area contributed by atoms with Crippen molar-refractivity contribution < 1.29 is 6.17 Å². The number of rotatable bonds is 2. The molecule has 2 amide bonds. The number of aryl methyl sites for hydroxylation is 1. The minimum Gasteiger partial charge on any atom is -0.384 e. The molecule has 0 saturated carbocycles. The van der Waals surface area contributed by atoms with Gasteiger partial charge in [-0.05, 0) is 30.7 Å². The van der Waals surface area contributed by atoms with Gasteiger partial charge in [0, 0.05) is 31.0 Å². The number of para-hydroxylation sites is 1. The number of benzene rings is 1. The maximum atomic E-state index is 13.1. The summed E-state index contributed by atoms with van der Waals surface area (Å²) in [5.74, 6) is 0.632. The molecule has 2 aliphatic heterocycles. The molecule has 130 valence electrons. The first-order valence-electron chi connectivity index (χ1n) is 8.75. The van der Waals surface area contributed by atoms with E-state index in [9.17, 15) is 6.17 Å². The van der Waals surface area contributed by atoms with Crippen LogP contribution in [-0.2, 0) is 6.54 Å². The molecular weight excluding hydrogens is 334 g/mol. The lowest BCUT2D eigenvalue weighted by molar-refractivity contribution is 0.169. The van der Waals surface area contributed by atoms with Gasteiger partial charge in [-0.2, -0.15) is 0 Å². The predicted octanol–water partition coefficient (Wildman–Crippen LogP) is 3.44. The third-order valence-corrected chi connectivity index (χ3v) is 5.30. The molecule has 0 aliphatic carbocycles. The van der Waals surface area contributed by atoms with Crippen molar-refractivity contribution in [2.75, 3.05) is 30.1 Å². The lowest BCUT2D eigenvalue weighted by Crippen LogP contribution is -2.48. The van der Waals surface area contributed by atoms with E-state index in [-0.39, 0.29) is 6.03 Å². The molecule has 1 aromatic carbocycles. The SMILES string of the molecule is [2H]C1(N2Cc3cnc(SC)nc3N(C)C2=O)CCNc2c(C)cccc21. The van der Waals surface area contributed by atoms with E-state index in [1.165, 1.54) is 16.7 Å². The summed E-state index contributed by atoms with van der Waals surface area (Å²) in [4.78, 5) is 25.1. The minimum absolute atomic E-state index is 0.201. The van der Waals surface area contributed by atoms with Crippen LogP contribution in [0.25, 0.3) is 0 Å². The highest BCUT2D eigenvalue weighted by molar-refractivity contribution is 7.98. The molecule has 3 heterocycles. The zero-order valence-corrected chi connectivity index (χ0v) is 15.4. The number of anilines is 2. The Kier molecular flexibility index (Phi) is 3.73. The molecular formula is C18H21N5OS. The van der Waals surface area contributed by atoms with Gasteiger partial charge < -0.3 is 10.2 Å². The van der Waals surface area contributed by atoms with Crippen LogP contribution in [0.5, 0.6) is 0 Å². The van der Waals surface area contributed by atoms with E-state index in [0.717, 1.165) is 22.4 Å². The Labute approximate surface area is 153 Å².